The van der Waals surface area contributed by atoms with Gasteiger partial charge < -0.3 is 0 Å². The van der Waals surface area contributed by atoms with Crippen LogP contribution in [0.3, 0.4) is 0 Å². The summed E-state index contributed by atoms with van der Waals surface area (Å²) in [5.74, 6) is 0. The summed E-state index contributed by atoms with van der Waals surface area (Å²) in [6, 6.07) is 8.81. The molecule has 0 fully saturated rings. The van der Waals surface area contributed by atoms with Crippen LogP contribution in [0.15, 0.2) is 35.2 Å². The van der Waals surface area contributed by atoms with Crippen molar-refractivity contribution in [1.29, 1.82) is 0 Å². The SMILES string of the molecule is CC/C(S)=C\CCCCc1ccccc1CC. The van der Waals surface area contributed by atoms with Crippen molar-refractivity contribution in [3.8, 4) is 0 Å². The zero-order valence-electron chi connectivity index (χ0n) is 11.1. The molecule has 0 aliphatic heterocycles. The lowest BCUT2D eigenvalue weighted by Gasteiger charge is -2.06. The predicted molar refractivity (Wildman–Crippen MR) is 80.7 cm³/mol. The Hall–Kier alpha value is -0.690. The first kappa shape index (κ1) is 14.4. The second-order valence-corrected chi connectivity index (χ2v) is 4.99. The van der Waals surface area contributed by atoms with Gasteiger partial charge in [-0.2, -0.15) is 0 Å². The maximum Gasteiger partial charge on any atom is -0.0227 e. The van der Waals surface area contributed by atoms with Crippen molar-refractivity contribution >= 4 is 12.6 Å². The molecule has 0 heterocycles. The topological polar surface area (TPSA) is 0 Å². The van der Waals surface area contributed by atoms with E-state index in [0.717, 1.165) is 12.8 Å². The fourth-order valence-corrected chi connectivity index (χ4v) is 2.15. The second kappa shape index (κ2) is 8.41. The van der Waals surface area contributed by atoms with Gasteiger partial charge in [-0.15, -0.1) is 12.6 Å². The number of hydrogen-bond donors (Lipinski definition) is 1. The molecule has 0 unspecified atom stereocenters. The van der Waals surface area contributed by atoms with E-state index in [2.05, 4.69) is 56.8 Å². The Bertz CT molecular complexity index is 352. The fraction of sp³-hybridized carbons (Fsp3) is 0.500. The van der Waals surface area contributed by atoms with Crippen LogP contribution in [0.5, 0.6) is 0 Å². The van der Waals surface area contributed by atoms with E-state index in [0.29, 0.717) is 0 Å². The second-order valence-electron chi connectivity index (χ2n) is 4.42. The van der Waals surface area contributed by atoms with Crippen LogP contribution in [0.1, 0.15) is 50.7 Å². The molecule has 0 bridgehead atoms. The lowest BCUT2D eigenvalue weighted by Crippen LogP contribution is -1.92. The van der Waals surface area contributed by atoms with E-state index in [1.165, 1.54) is 41.7 Å². The number of rotatable bonds is 7. The molecule has 0 aliphatic rings. The van der Waals surface area contributed by atoms with E-state index >= 15 is 0 Å². The minimum Gasteiger partial charge on any atom is -0.148 e. The molecule has 94 valence electrons. The third kappa shape index (κ3) is 5.45. The van der Waals surface area contributed by atoms with Gasteiger partial charge in [0.15, 0.2) is 0 Å². The van der Waals surface area contributed by atoms with Gasteiger partial charge in [-0.3, -0.25) is 0 Å². The maximum absolute atomic E-state index is 4.39. The lowest BCUT2D eigenvalue weighted by atomic mass is 10.00. The first-order valence-electron chi connectivity index (χ1n) is 6.72. The van der Waals surface area contributed by atoms with Crippen LogP contribution >= 0.6 is 12.6 Å². The molecule has 0 saturated carbocycles. The van der Waals surface area contributed by atoms with Gasteiger partial charge >= 0.3 is 0 Å². The Morgan fingerprint density at radius 3 is 2.47 bits per heavy atom. The molecule has 0 nitrogen and oxygen atoms in total. The Kier molecular flexibility index (Phi) is 7.11. The highest BCUT2D eigenvalue weighted by molar-refractivity contribution is 7.84. The van der Waals surface area contributed by atoms with E-state index in [4.69, 9.17) is 0 Å². The molecule has 0 radical (unpaired) electrons. The van der Waals surface area contributed by atoms with E-state index in [1.807, 2.05) is 0 Å². The van der Waals surface area contributed by atoms with E-state index in [9.17, 15) is 0 Å². The number of allylic oxidation sites excluding steroid dienone is 2. The summed E-state index contributed by atoms with van der Waals surface area (Å²) >= 11 is 4.39. The van der Waals surface area contributed by atoms with Crippen LogP contribution in [0.2, 0.25) is 0 Å². The van der Waals surface area contributed by atoms with Gasteiger partial charge in [0, 0.05) is 0 Å². The number of unbranched alkanes of at least 4 members (excludes halogenated alkanes) is 2. The number of thiol groups is 1. The highest BCUT2D eigenvalue weighted by Crippen LogP contribution is 2.14. The smallest absolute Gasteiger partial charge is 0.0227 e. The van der Waals surface area contributed by atoms with Crippen molar-refractivity contribution in [3.63, 3.8) is 0 Å². The van der Waals surface area contributed by atoms with Gasteiger partial charge in [-0.25, -0.2) is 0 Å². The Labute approximate surface area is 112 Å². The standard InChI is InChI=1S/C16H24S/c1-3-14-10-8-9-12-15(14)11-6-5-7-13-16(17)4-2/h8-10,12-13,17H,3-7,11H2,1-2H3/b16-13+. The Morgan fingerprint density at radius 2 is 1.82 bits per heavy atom. The maximum atomic E-state index is 4.39. The average molecular weight is 248 g/mol. The molecule has 0 amide bonds. The van der Waals surface area contributed by atoms with Crippen molar-refractivity contribution in [1.82, 2.24) is 0 Å². The van der Waals surface area contributed by atoms with Gasteiger partial charge in [0.25, 0.3) is 0 Å². The monoisotopic (exact) mass is 248 g/mol. The van der Waals surface area contributed by atoms with E-state index in [1.54, 1.807) is 0 Å². The third-order valence-electron chi connectivity index (χ3n) is 3.14. The molecular weight excluding hydrogens is 224 g/mol. The quantitative estimate of drug-likeness (QED) is 0.498. The molecule has 1 aromatic rings. The summed E-state index contributed by atoms with van der Waals surface area (Å²) < 4.78 is 0. The molecule has 1 rings (SSSR count). The molecule has 0 aromatic heterocycles. The summed E-state index contributed by atoms with van der Waals surface area (Å²) in [6.07, 6.45) is 9.39. The lowest BCUT2D eigenvalue weighted by molar-refractivity contribution is 0.741. The zero-order chi connectivity index (χ0) is 12.5. The summed E-state index contributed by atoms with van der Waals surface area (Å²) in [5, 5.41) is 0. The van der Waals surface area contributed by atoms with Crippen LogP contribution in [-0.4, -0.2) is 0 Å². The summed E-state index contributed by atoms with van der Waals surface area (Å²) in [6.45, 7) is 4.38. The van der Waals surface area contributed by atoms with Gasteiger partial charge in [-0.05, 0) is 54.6 Å². The van der Waals surface area contributed by atoms with Crippen LogP contribution in [0, 0.1) is 0 Å². The Morgan fingerprint density at radius 1 is 1.12 bits per heavy atom. The molecule has 17 heavy (non-hydrogen) atoms. The molecule has 1 aromatic carbocycles. The summed E-state index contributed by atoms with van der Waals surface area (Å²) in [5.41, 5.74) is 3.03. The Balaban J connectivity index is 2.31. The number of aryl methyl sites for hydroxylation is 2. The molecule has 0 spiro atoms. The normalized spacial score (nSPS) is 11.8. The average Bonchev–Trinajstić information content (AvgIpc) is 2.38. The van der Waals surface area contributed by atoms with Crippen LogP contribution in [0.25, 0.3) is 0 Å². The largest absolute Gasteiger partial charge is 0.148 e. The van der Waals surface area contributed by atoms with Crippen molar-refractivity contribution in [2.45, 2.75) is 52.4 Å². The summed E-state index contributed by atoms with van der Waals surface area (Å²) in [4.78, 5) is 1.22. The molecule has 1 heteroatoms. The van der Waals surface area contributed by atoms with Gasteiger partial charge in [0.1, 0.15) is 0 Å². The van der Waals surface area contributed by atoms with Gasteiger partial charge in [-0.1, -0.05) is 44.2 Å². The van der Waals surface area contributed by atoms with E-state index < -0.39 is 0 Å². The minimum atomic E-state index is 1.06. The highest BCUT2D eigenvalue weighted by atomic mass is 32.1. The predicted octanol–water partition coefficient (Wildman–Crippen LogP) is 5.19. The van der Waals surface area contributed by atoms with Gasteiger partial charge in [0.2, 0.25) is 0 Å². The molecule has 0 aliphatic carbocycles. The molecule has 0 saturated heterocycles. The zero-order valence-corrected chi connectivity index (χ0v) is 12.0. The number of benzene rings is 1. The molecule has 0 N–H and O–H groups in total. The van der Waals surface area contributed by atoms with E-state index in [-0.39, 0.29) is 0 Å². The minimum absolute atomic E-state index is 1.06. The van der Waals surface area contributed by atoms with Crippen LogP contribution in [0.4, 0.5) is 0 Å². The van der Waals surface area contributed by atoms with Crippen molar-refractivity contribution in [2.24, 2.45) is 0 Å². The first-order chi connectivity index (χ1) is 8.27. The first-order valence-corrected chi connectivity index (χ1v) is 7.17. The highest BCUT2D eigenvalue weighted by Gasteiger charge is 1.98. The summed E-state index contributed by atoms with van der Waals surface area (Å²) in [7, 11) is 0. The van der Waals surface area contributed by atoms with Crippen LogP contribution < -0.4 is 0 Å². The van der Waals surface area contributed by atoms with Gasteiger partial charge in [0.05, 0.1) is 0 Å². The van der Waals surface area contributed by atoms with Crippen molar-refractivity contribution in [2.75, 3.05) is 0 Å². The molecular formula is C16H24S. The molecule has 0 atom stereocenters. The van der Waals surface area contributed by atoms with Crippen molar-refractivity contribution in [3.05, 3.63) is 46.4 Å². The number of hydrogen-bond acceptors (Lipinski definition) is 1. The van der Waals surface area contributed by atoms with Crippen molar-refractivity contribution < 1.29 is 0 Å². The third-order valence-corrected chi connectivity index (χ3v) is 3.64. The fourth-order valence-electron chi connectivity index (χ4n) is 2.02. The van der Waals surface area contributed by atoms with Crippen LogP contribution in [-0.2, 0) is 12.8 Å².